The number of carboxylic acids is 1. The van der Waals surface area contributed by atoms with Crippen LogP contribution >= 0.6 is 0 Å². The monoisotopic (exact) mass is 291 g/mol. The number of benzene rings is 1. The zero-order valence-corrected chi connectivity index (χ0v) is 12.2. The van der Waals surface area contributed by atoms with E-state index >= 15 is 0 Å². The van der Waals surface area contributed by atoms with Crippen molar-refractivity contribution in [2.45, 2.75) is 26.2 Å². The standard InChI is InChI=1S/C16H21NO4/c1-12-5-2-3-6-14(12)21-10-4-7-15(18)17-9-8-13(11-17)16(19)20/h2-3,5-6,13H,4,7-11H2,1H3,(H,19,20)/t13-/m1/s1. The molecule has 1 aliphatic rings. The summed E-state index contributed by atoms with van der Waals surface area (Å²) in [7, 11) is 0. The average molecular weight is 291 g/mol. The third-order valence-electron chi connectivity index (χ3n) is 3.78. The van der Waals surface area contributed by atoms with Crippen LogP contribution in [0.1, 0.15) is 24.8 Å². The molecule has 114 valence electrons. The molecule has 5 nitrogen and oxygen atoms in total. The second-order valence-electron chi connectivity index (χ2n) is 5.38. The number of carbonyl (C=O) groups is 2. The van der Waals surface area contributed by atoms with Crippen molar-refractivity contribution in [3.05, 3.63) is 29.8 Å². The Labute approximate surface area is 124 Å². The van der Waals surface area contributed by atoms with E-state index in [0.717, 1.165) is 11.3 Å². The minimum absolute atomic E-state index is 0.0205. The van der Waals surface area contributed by atoms with E-state index in [2.05, 4.69) is 0 Å². The lowest BCUT2D eigenvalue weighted by Gasteiger charge is -2.16. The highest BCUT2D eigenvalue weighted by molar-refractivity contribution is 5.78. The van der Waals surface area contributed by atoms with Gasteiger partial charge in [-0.2, -0.15) is 0 Å². The van der Waals surface area contributed by atoms with E-state index < -0.39 is 11.9 Å². The quantitative estimate of drug-likeness (QED) is 0.815. The Morgan fingerprint density at radius 1 is 1.38 bits per heavy atom. The van der Waals surface area contributed by atoms with Crippen molar-refractivity contribution < 1.29 is 19.4 Å². The van der Waals surface area contributed by atoms with Crippen LogP contribution in [0.15, 0.2) is 24.3 Å². The summed E-state index contributed by atoms with van der Waals surface area (Å²) in [6, 6.07) is 7.77. The predicted octanol–water partition coefficient (Wildman–Crippen LogP) is 2.09. The maximum Gasteiger partial charge on any atom is 0.308 e. The first-order chi connectivity index (χ1) is 10.1. The minimum Gasteiger partial charge on any atom is -0.493 e. The molecule has 2 rings (SSSR count). The summed E-state index contributed by atoms with van der Waals surface area (Å²) >= 11 is 0. The molecule has 1 aliphatic heterocycles. The van der Waals surface area contributed by atoms with Crippen LogP contribution in [-0.4, -0.2) is 41.6 Å². The van der Waals surface area contributed by atoms with Crippen molar-refractivity contribution >= 4 is 11.9 Å². The molecular weight excluding hydrogens is 270 g/mol. The summed E-state index contributed by atoms with van der Waals surface area (Å²) < 4.78 is 5.64. The highest BCUT2D eigenvalue weighted by Crippen LogP contribution is 2.18. The fraction of sp³-hybridized carbons (Fsp3) is 0.500. The molecule has 1 fully saturated rings. The zero-order valence-electron chi connectivity index (χ0n) is 12.2. The van der Waals surface area contributed by atoms with Crippen LogP contribution in [0.4, 0.5) is 0 Å². The van der Waals surface area contributed by atoms with Gasteiger partial charge in [0.15, 0.2) is 0 Å². The zero-order chi connectivity index (χ0) is 15.2. The molecule has 1 atom stereocenters. The van der Waals surface area contributed by atoms with Crippen LogP contribution in [0.5, 0.6) is 5.75 Å². The topological polar surface area (TPSA) is 66.8 Å². The van der Waals surface area contributed by atoms with Gasteiger partial charge in [0.1, 0.15) is 5.75 Å². The van der Waals surface area contributed by atoms with Gasteiger partial charge in [-0.15, -0.1) is 0 Å². The van der Waals surface area contributed by atoms with Gasteiger partial charge in [0, 0.05) is 19.5 Å². The molecule has 1 heterocycles. The smallest absolute Gasteiger partial charge is 0.308 e. The first-order valence-corrected chi connectivity index (χ1v) is 7.27. The van der Waals surface area contributed by atoms with Crippen molar-refractivity contribution in [1.82, 2.24) is 4.90 Å². The second-order valence-corrected chi connectivity index (χ2v) is 5.38. The number of rotatable bonds is 6. The van der Waals surface area contributed by atoms with Gasteiger partial charge in [-0.05, 0) is 31.4 Å². The number of aryl methyl sites for hydroxylation is 1. The van der Waals surface area contributed by atoms with E-state index in [1.54, 1.807) is 4.90 Å². The Kier molecular flexibility index (Phi) is 5.20. The molecule has 1 amide bonds. The van der Waals surface area contributed by atoms with Gasteiger partial charge in [-0.1, -0.05) is 18.2 Å². The Morgan fingerprint density at radius 3 is 2.81 bits per heavy atom. The number of carboxylic acid groups (broad SMARTS) is 1. The molecule has 0 aromatic heterocycles. The largest absolute Gasteiger partial charge is 0.493 e. The van der Waals surface area contributed by atoms with Gasteiger partial charge in [-0.25, -0.2) is 0 Å². The first-order valence-electron chi connectivity index (χ1n) is 7.27. The molecular formula is C16H21NO4. The number of nitrogens with zero attached hydrogens (tertiary/aromatic N) is 1. The van der Waals surface area contributed by atoms with Crippen molar-refractivity contribution in [1.29, 1.82) is 0 Å². The summed E-state index contributed by atoms with van der Waals surface area (Å²) in [6.45, 7) is 3.37. The number of aliphatic carboxylic acids is 1. The van der Waals surface area contributed by atoms with E-state index in [4.69, 9.17) is 9.84 Å². The molecule has 1 N–H and O–H groups in total. The van der Waals surface area contributed by atoms with E-state index in [1.165, 1.54) is 0 Å². The van der Waals surface area contributed by atoms with E-state index in [9.17, 15) is 9.59 Å². The predicted molar refractivity (Wildman–Crippen MR) is 78.2 cm³/mol. The molecule has 21 heavy (non-hydrogen) atoms. The normalized spacial score (nSPS) is 17.8. The van der Waals surface area contributed by atoms with Crippen LogP contribution < -0.4 is 4.74 Å². The third kappa shape index (κ3) is 4.21. The lowest BCUT2D eigenvalue weighted by Crippen LogP contribution is -2.30. The van der Waals surface area contributed by atoms with Gasteiger partial charge in [0.05, 0.1) is 12.5 Å². The summed E-state index contributed by atoms with van der Waals surface area (Å²) in [5.74, 6) is -0.352. The van der Waals surface area contributed by atoms with Crippen LogP contribution in [0.2, 0.25) is 0 Å². The molecule has 0 saturated carbocycles. The van der Waals surface area contributed by atoms with E-state index in [-0.39, 0.29) is 5.91 Å². The number of hydrogen-bond acceptors (Lipinski definition) is 3. The molecule has 0 bridgehead atoms. The molecule has 1 saturated heterocycles. The lowest BCUT2D eigenvalue weighted by molar-refractivity contribution is -0.141. The van der Waals surface area contributed by atoms with Gasteiger partial charge in [0.2, 0.25) is 5.91 Å². The highest BCUT2D eigenvalue weighted by atomic mass is 16.5. The van der Waals surface area contributed by atoms with Crippen molar-refractivity contribution in [3.8, 4) is 5.75 Å². The maximum absolute atomic E-state index is 12.0. The van der Waals surface area contributed by atoms with Gasteiger partial charge < -0.3 is 14.7 Å². The number of hydrogen-bond donors (Lipinski definition) is 1. The number of carbonyl (C=O) groups excluding carboxylic acids is 1. The van der Waals surface area contributed by atoms with Crippen LogP contribution in [0.25, 0.3) is 0 Å². The van der Waals surface area contributed by atoms with E-state index in [1.807, 2.05) is 31.2 Å². The van der Waals surface area contributed by atoms with Gasteiger partial charge >= 0.3 is 5.97 Å². The molecule has 1 aromatic rings. The Balaban J connectivity index is 1.68. The lowest BCUT2D eigenvalue weighted by atomic mass is 10.1. The summed E-state index contributed by atoms with van der Waals surface area (Å²) in [4.78, 5) is 24.5. The molecule has 0 aliphatic carbocycles. The minimum atomic E-state index is -0.812. The van der Waals surface area contributed by atoms with E-state index in [0.29, 0.717) is 39.0 Å². The number of para-hydroxylation sites is 1. The Hall–Kier alpha value is -2.04. The van der Waals surface area contributed by atoms with Gasteiger partial charge in [0.25, 0.3) is 0 Å². The molecule has 0 radical (unpaired) electrons. The summed E-state index contributed by atoms with van der Waals surface area (Å²) in [5.41, 5.74) is 1.08. The third-order valence-corrected chi connectivity index (χ3v) is 3.78. The van der Waals surface area contributed by atoms with Gasteiger partial charge in [-0.3, -0.25) is 9.59 Å². The van der Waals surface area contributed by atoms with Crippen molar-refractivity contribution in [2.75, 3.05) is 19.7 Å². The van der Waals surface area contributed by atoms with Crippen molar-refractivity contribution in [2.24, 2.45) is 5.92 Å². The molecule has 0 unspecified atom stereocenters. The Morgan fingerprint density at radius 2 is 2.14 bits per heavy atom. The second kappa shape index (κ2) is 7.11. The van der Waals surface area contributed by atoms with Crippen LogP contribution in [0.3, 0.4) is 0 Å². The van der Waals surface area contributed by atoms with Crippen LogP contribution in [0, 0.1) is 12.8 Å². The molecule has 0 spiro atoms. The average Bonchev–Trinajstić information content (AvgIpc) is 2.95. The molecule has 5 heteroatoms. The van der Waals surface area contributed by atoms with Crippen molar-refractivity contribution in [3.63, 3.8) is 0 Å². The molecule has 1 aromatic carbocycles. The maximum atomic E-state index is 12.0. The first kappa shape index (κ1) is 15.4. The fourth-order valence-electron chi connectivity index (χ4n) is 2.47. The Bertz CT molecular complexity index is 515. The number of likely N-dealkylation sites (tertiary alicyclic amines) is 1. The highest BCUT2D eigenvalue weighted by Gasteiger charge is 2.30. The summed E-state index contributed by atoms with van der Waals surface area (Å²) in [6.07, 6.45) is 1.60. The summed E-state index contributed by atoms with van der Waals surface area (Å²) in [5, 5.41) is 8.92. The fourth-order valence-corrected chi connectivity index (χ4v) is 2.47. The van der Waals surface area contributed by atoms with Crippen LogP contribution in [-0.2, 0) is 9.59 Å². The number of ether oxygens (including phenoxy) is 1. The SMILES string of the molecule is Cc1ccccc1OCCCC(=O)N1CC[C@@H](C(=O)O)C1. The number of amides is 1.